The van der Waals surface area contributed by atoms with Crippen LogP contribution in [0.4, 0.5) is 0 Å². The Morgan fingerprint density at radius 1 is 1.13 bits per heavy atom. The first kappa shape index (κ1) is 19.7. The van der Waals surface area contributed by atoms with E-state index in [-0.39, 0.29) is 12.1 Å². The lowest BCUT2D eigenvalue weighted by Gasteiger charge is -2.25. The van der Waals surface area contributed by atoms with Crippen LogP contribution in [0.15, 0.2) is 36.5 Å². The monoisotopic (exact) mass is 320 g/mol. The van der Waals surface area contributed by atoms with Crippen molar-refractivity contribution in [3.63, 3.8) is 0 Å². The fraction of sp³-hybridized carbons (Fsp3) is 0.650. The normalized spacial score (nSPS) is 20.6. The zero-order valence-corrected chi connectivity index (χ0v) is 14.5. The Bertz CT molecular complexity index is 396. The summed E-state index contributed by atoms with van der Waals surface area (Å²) < 4.78 is 5.16. The molecule has 2 unspecified atom stereocenters. The Labute approximate surface area is 141 Å². The Morgan fingerprint density at radius 2 is 1.83 bits per heavy atom. The predicted octanol–water partition coefficient (Wildman–Crippen LogP) is 4.86. The van der Waals surface area contributed by atoms with Crippen LogP contribution in [0.25, 0.3) is 0 Å². The lowest BCUT2D eigenvalue weighted by atomic mass is 10.0. The van der Waals surface area contributed by atoms with Gasteiger partial charge in [-0.3, -0.25) is 4.79 Å². The molecule has 3 nitrogen and oxygen atoms in total. The highest BCUT2D eigenvalue weighted by atomic mass is 16.6. The standard InChI is InChI=1S/C20H32O3/c1-2-3-4-5-6-7-8-9-10-11-12-13-15-18(21)19-16-14-17-20(22)23-19/h6-7,9-10,12-13,18-19,21H,2-5,8,11,14-17H2,1H3/b7-6+,10-9+,13-12+. The zero-order valence-electron chi connectivity index (χ0n) is 14.5. The van der Waals surface area contributed by atoms with Crippen LogP contribution in [0.3, 0.4) is 0 Å². The van der Waals surface area contributed by atoms with Crippen molar-refractivity contribution >= 4 is 5.97 Å². The second-order valence-electron chi connectivity index (χ2n) is 6.10. The first-order chi connectivity index (χ1) is 11.2. The van der Waals surface area contributed by atoms with Gasteiger partial charge >= 0.3 is 5.97 Å². The molecule has 1 heterocycles. The van der Waals surface area contributed by atoms with Gasteiger partial charge in [-0.05, 0) is 44.9 Å². The minimum atomic E-state index is -0.578. The van der Waals surface area contributed by atoms with Crippen LogP contribution in [-0.4, -0.2) is 23.3 Å². The number of ether oxygens (including phenoxy) is 1. The van der Waals surface area contributed by atoms with Crippen LogP contribution >= 0.6 is 0 Å². The predicted molar refractivity (Wildman–Crippen MR) is 95.2 cm³/mol. The smallest absolute Gasteiger partial charge is 0.306 e. The molecule has 0 aromatic heterocycles. The van der Waals surface area contributed by atoms with E-state index in [9.17, 15) is 9.90 Å². The van der Waals surface area contributed by atoms with Crippen LogP contribution in [0.2, 0.25) is 0 Å². The fourth-order valence-corrected chi connectivity index (χ4v) is 2.56. The van der Waals surface area contributed by atoms with Crippen molar-refractivity contribution in [2.24, 2.45) is 0 Å². The van der Waals surface area contributed by atoms with E-state index in [2.05, 4.69) is 37.3 Å². The second-order valence-corrected chi connectivity index (χ2v) is 6.10. The molecular formula is C20H32O3. The largest absolute Gasteiger partial charge is 0.460 e. The van der Waals surface area contributed by atoms with Gasteiger partial charge in [0, 0.05) is 6.42 Å². The van der Waals surface area contributed by atoms with Crippen molar-refractivity contribution < 1.29 is 14.6 Å². The van der Waals surface area contributed by atoms with Gasteiger partial charge in [0.25, 0.3) is 0 Å². The van der Waals surface area contributed by atoms with Crippen molar-refractivity contribution in [2.45, 2.75) is 83.3 Å². The van der Waals surface area contributed by atoms with Crippen LogP contribution in [0, 0.1) is 0 Å². The third-order valence-electron chi connectivity index (χ3n) is 3.98. The number of carbonyl (C=O) groups is 1. The summed E-state index contributed by atoms with van der Waals surface area (Å²) in [5.74, 6) is -0.185. The van der Waals surface area contributed by atoms with Gasteiger partial charge in [0.15, 0.2) is 0 Å². The molecule has 0 aliphatic carbocycles. The van der Waals surface area contributed by atoms with Crippen LogP contribution in [0.1, 0.15) is 71.1 Å². The highest BCUT2D eigenvalue weighted by Crippen LogP contribution is 2.18. The maximum Gasteiger partial charge on any atom is 0.306 e. The molecule has 0 radical (unpaired) electrons. The Kier molecular flexibility index (Phi) is 11.2. The highest BCUT2D eigenvalue weighted by molar-refractivity contribution is 5.70. The molecular weight excluding hydrogens is 288 g/mol. The third-order valence-corrected chi connectivity index (χ3v) is 3.98. The molecule has 1 N–H and O–H groups in total. The van der Waals surface area contributed by atoms with E-state index in [1.807, 2.05) is 6.08 Å². The third kappa shape index (κ3) is 10.1. The summed E-state index contributed by atoms with van der Waals surface area (Å²) in [6.07, 6.45) is 21.5. The SMILES string of the molecule is CCCCC/C=C/C/C=C/C/C=C/CC(O)C1CCCC(=O)O1. The summed E-state index contributed by atoms with van der Waals surface area (Å²) >= 11 is 0. The van der Waals surface area contributed by atoms with Crippen molar-refractivity contribution in [1.29, 1.82) is 0 Å². The number of hydrogen-bond acceptors (Lipinski definition) is 3. The van der Waals surface area contributed by atoms with E-state index in [1.165, 1.54) is 25.7 Å². The van der Waals surface area contributed by atoms with Crippen molar-refractivity contribution in [1.82, 2.24) is 0 Å². The molecule has 130 valence electrons. The number of esters is 1. The molecule has 23 heavy (non-hydrogen) atoms. The van der Waals surface area contributed by atoms with Crippen molar-refractivity contribution in [3.8, 4) is 0 Å². The lowest BCUT2D eigenvalue weighted by Crippen LogP contribution is -2.34. The van der Waals surface area contributed by atoms with Crippen molar-refractivity contribution in [3.05, 3.63) is 36.5 Å². The van der Waals surface area contributed by atoms with Crippen LogP contribution in [-0.2, 0) is 9.53 Å². The van der Waals surface area contributed by atoms with E-state index in [1.54, 1.807) is 0 Å². The van der Waals surface area contributed by atoms with Gasteiger partial charge in [-0.15, -0.1) is 0 Å². The molecule has 1 rings (SSSR count). The zero-order chi connectivity index (χ0) is 16.8. The number of rotatable bonds is 11. The first-order valence-electron chi connectivity index (χ1n) is 9.06. The molecule has 0 amide bonds. The number of hydrogen-bond donors (Lipinski definition) is 1. The number of allylic oxidation sites excluding steroid dienone is 5. The molecule has 0 bridgehead atoms. The fourth-order valence-electron chi connectivity index (χ4n) is 2.56. The van der Waals surface area contributed by atoms with Gasteiger partial charge in [0.05, 0.1) is 6.10 Å². The van der Waals surface area contributed by atoms with Gasteiger partial charge in [-0.1, -0.05) is 56.2 Å². The molecule has 0 aromatic rings. The summed E-state index contributed by atoms with van der Waals surface area (Å²) in [5, 5.41) is 10.00. The minimum Gasteiger partial charge on any atom is -0.460 e. The van der Waals surface area contributed by atoms with Gasteiger partial charge in [0.1, 0.15) is 6.10 Å². The molecule has 1 fully saturated rings. The summed E-state index contributed by atoms with van der Waals surface area (Å²) in [5.41, 5.74) is 0. The Hall–Kier alpha value is -1.35. The maximum absolute atomic E-state index is 11.2. The number of cyclic esters (lactones) is 1. The quantitative estimate of drug-likeness (QED) is 0.336. The van der Waals surface area contributed by atoms with Gasteiger partial charge < -0.3 is 9.84 Å². The van der Waals surface area contributed by atoms with Crippen molar-refractivity contribution in [2.75, 3.05) is 0 Å². The Balaban J connectivity index is 2.05. The molecule has 1 aliphatic rings. The summed E-state index contributed by atoms with van der Waals surface area (Å²) in [6, 6.07) is 0. The molecule has 1 saturated heterocycles. The molecule has 3 heteroatoms. The number of carbonyl (C=O) groups excluding carboxylic acids is 1. The second kappa shape index (κ2) is 13.1. The molecule has 2 atom stereocenters. The van der Waals surface area contributed by atoms with Gasteiger partial charge in [-0.25, -0.2) is 0 Å². The van der Waals surface area contributed by atoms with Gasteiger partial charge in [-0.2, -0.15) is 0 Å². The van der Waals surface area contributed by atoms with E-state index in [0.29, 0.717) is 12.8 Å². The van der Waals surface area contributed by atoms with E-state index < -0.39 is 6.10 Å². The molecule has 1 aliphatic heterocycles. The average Bonchev–Trinajstić information content (AvgIpc) is 2.55. The molecule has 0 spiro atoms. The summed E-state index contributed by atoms with van der Waals surface area (Å²) in [6.45, 7) is 2.22. The molecule has 0 saturated carbocycles. The van der Waals surface area contributed by atoms with Gasteiger partial charge in [0.2, 0.25) is 0 Å². The molecule has 0 aromatic carbocycles. The Morgan fingerprint density at radius 3 is 2.52 bits per heavy atom. The van der Waals surface area contributed by atoms with E-state index >= 15 is 0 Å². The first-order valence-corrected chi connectivity index (χ1v) is 9.06. The number of unbranched alkanes of at least 4 members (excludes halogenated alkanes) is 3. The van der Waals surface area contributed by atoms with E-state index in [0.717, 1.165) is 25.7 Å². The summed E-state index contributed by atoms with van der Waals surface area (Å²) in [7, 11) is 0. The number of aliphatic hydroxyl groups is 1. The average molecular weight is 320 g/mol. The lowest BCUT2D eigenvalue weighted by molar-refractivity contribution is -0.160. The summed E-state index contributed by atoms with van der Waals surface area (Å²) in [4.78, 5) is 11.2. The maximum atomic E-state index is 11.2. The minimum absolute atomic E-state index is 0.185. The topological polar surface area (TPSA) is 46.5 Å². The highest BCUT2D eigenvalue weighted by Gasteiger charge is 2.26. The number of aliphatic hydroxyl groups excluding tert-OH is 1. The van der Waals surface area contributed by atoms with Crippen LogP contribution in [0.5, 0.6) is 0 Å². The van der Waals surface area contributed by atoms with Crippen LogP contribution < -0.4 is 0 Å². The van der Waals surface area contributed by atoms with E-state index in [4.69, 9.17) is 4.74 Å².